The van der Waals surface area contributed by atoms with Crippen LogP contribution >= 0.6 is 11.6 Å². The molecule has 0 saturated carbocycles. The lowest BCUT2D eigenvalue weighted by Gasteiger charge is -2.25. The molecule has 0 aromatic heterocycles. The molecule has 0 heterocycles. The molecule has 0 spiro atoms. The van der Waals surface area contributed by atoms with Crippen molar-refractivity contribution in [3.05, 3.63) is 35.9 Å². The lowest BCUT2D eigenvalue weighted by Crippen LogP contribution is -2.24. The highest BCUT2D eigenvalue weighted by Gasteiger charge is 2.29. The van der Waals surface area contributed by atoms with Crippen LogP contribution < -0.4 is 4.74 Å². The molecule has 0 radical (unpaired) electrons. The van der Waals surface area contributed by atoms with Gasteiger partial charge in [-0.2, -0.15) is 0 Å². The van der Waals surface area contributed by atoms with Gasteiger partial charge >= 0.3 is 5.97 Å². The number of halogens is 1. The van der Waals surface area contributed by atoms with Crippen LogP contribution in [0.25, 0.3) is 5.57 Å². The standard InChI is InChI=1S/C16H19ClO3/c1-3-20-16(18)14-9-6-12(17)10-15(14)11-4-7-13(19-2)8-5-11/h4-5,7-8,10,12,14H,3,6,9H2,1-2H3. The highest BCUT2D eigenvalue weighted by Crippen LogP contribution is 2.35. The van der Waals surface area contributed by atoms with Gasteiger partial charge in [0.1, 0.15) is 5.75 Å². The molecule has 20 heavy (non-hydrogen) atoms. The number of alkyl halides is 1. The Kier molecular flexibility index (Phi) is 5.07. The van der Waals surface area contributed by atoms with Gasteiger partial charge in [0.15, 0.2) is 0 Å². The quantitative estimate of drug-likeness (QED) is 0.628. The highest BCUT2D eigenvalue weighted by atomic mass is 35.5. The molecular formula is C16H19ClO3. The monoisotopic (exact) mass is 294 g/mol. The summed E-state index contributed by atoms with van der Waals surface area (Å²) in [5, 5.41) is -0.0298. The Labute approximate surface area is 124 Å². The fourth-order valence-electron chi connectivity index (χ4n) is 2.44. The Balaban J connectivity index is 2.29. The average molecular weight is 295 g/mol. The molecule has 1 aliphatic carbocycles. The topological polar surface area (TPSA) is 35.5 Å². The van der Waals surface area contributed by atoms with Crippen LogP contribution in [0.1, 0.15) is 25.3 Å². The molecule has 0 aliphatic heterocycles. The molecule has 108 valence electrons. The maximum atomic E-state index is 12.1. The molecule has 2 rings (SSSR count). The van der Waals surface area contributed by atoms with Crippen molar-refractivity contribution in [2.75, 3.05) is 13.7 Å². The van der Waals surface area contributed by atoms with E-state index in [1.54, 1.807) is 7.11 Å². The number of benzene rings is 1. The summed E-state index contributed by atoms with van der Waals surface area (Å²) in [4.78, 5) is 12.1. The third kappa shape index (κ3) is 3.34. The second kappa shape index (κ2) is 6.80. The van der Waals surface area contributed by atoms with Crippen LogP contribution in [-0.2, 0) is 9.53 Å². The number of carbonyl (C=O) groups is 1. The first kappa shape index (κ1) is 14.9. The summed E-state index contributed by atoms with van der Waals surface area (Å²) < 4.78 is 10.3. The van der Waals surface area contributed by atoms with E-state index in [0.717, 1.165) is 29.7 Å². The van der Waals surface area contributed by atoms with Gasteiger partial charge in [-0.05, 0) is 43.0 Å². The largest absolute Gasteiger partial charge is 0.497 e. The normalized spacial score (nSPS) is 22.1. The van der Waals surface area contributed by atoms with E-state index in [2.05, 4.69) is 0 Å². The smallest absolute Gasteiger partial charge is 0.313 e. The van der Waals surface area contributed by atoms with E-state index in [1.807, 2.05) is 37.3 Å². The Morgan fingerprint density at radius 2 is 2.00 bits per heavy atom. The van der Waals surface area contributed by atoms with Crippen LogP contribution in [0.5, 0.6) is 5.75 Å². The Morgan fingerprint density at radius 3 is 2.60 bits per heavy atom. The Morgan fingerprint density at radius 1 is 1.30 bits per heavy atom. The summed E-state index contributed by atoms with van der Waals surface area (Å²) in [7, 11) is 1.63. The van der Waals surface area contributed by atoms with Crippen molar-refractivity contribution in [3.8, 4) is 5.75 Å². The van der Waals surface area contributed by atoms with Gasteiger partial charge in [-0.15, -0.1) is 11.6 Å². The second-order valence-electron chi connectivity index (χ2n) is 4.75. The zero-order valence-electron chi connectivity index (χ0n) is 11.8. The highest BCUT2D eigenvalue weighted by molar-refractivity contribution is 6.22. The second-order valence-corrected chi connectivity index (χ2v) is 5.31. The van der Waals surface area contributed by atoms with E-state index >= 15 is 0 Å². The third-order valence-corrected chi connectivity index (χ3v) is 3.81. The maximum Gasteiger partial charge on any atom is 0.313 e. The van der Waals surface area contributed by atoms with Crippen molar-refractivity contribution in [1.29, 1.82) is 0 Å². The van der Waals surface area contributed by atoms with Crippen molar-refractivity contribution in [3.63, 3.8) is 0 Å². The summed E-state index contributed by atoms with van der Waals surface area (Å²) in [6, 6.07) is 7.67. The van der Waals surface area contributed by atoms with E-state index in [1.165, 1.54) is 0 Å². The number of ether oxygens (including phenoxy) is 2. The molecule has 4 heteroatoms. The van der Waals surface area contributed by atoms with E-state index < -0.39 is 0 Å². The van der Waals surface area contributed by atoms with Gasteiger partial charge in [-0.25, -0.2) is 0 Å². The molecule has 0 bridgehead atoms. The summed E-state index contributed by atoms with van der Waals surface area (Å²) in [5.41, 5.74) is 1.95. The van der Waals surface area contributed by atoms with Gasteiger partial charge in [0.05, 0.1) is 25.0 Å². The minimum atomic E-state index is -0.224. The molecule has 2 unspecified atom stereocenters. The van der Waals surface area contributed by atoms with E-state index in [0.29, 0.717) is 6.61 Å². The van der Waals surface area contributed by atoms with E-state index in [9.17, 15) is 4.79 Å². The Hall–Kier alpha value is -1.48. The lowest BCUT2D eigenvalue weighted by atomic mass is 9.83. The molecule has 0 fully saturated rings. The number of rotatable bonds is 4. The zero-order valence-corrected chi connectivity index (χ0v) is 12.5. The number of carbonyl (C=O) groups excluding carboxylic acids is 1. The lowest BCUT2D eigenvalue weighted by molar-refractivity contribution is -0.146. The molecule has 3 nitrogen and oxygen atoms in total. The average Bonchev–Trinajstić information content (AvgIpc) is 2.47. The summed E-state index contributed by atoms with van der Waals surface area (Å²) >= 11 is 6.21. The summed E-state index contributed by atoms with van der Waals surface area (Å²) in [6.07, 6.45) is 3.49. The number of allylic oxidation sites excluding steroid dienone is 1. The predicted molar refractivity (Wildman–Crippen MR) is 80.0 cm³/mol. The Bertz CT molecular complexity index is 493. The van der Waals surface area contributed by atoms with Crippen LogP contribution in [0.3, 0.4) is 0 Å². The first-order valence-corrected chi connectivity index (χ1v) is 7.26. The maximum absolute atomic E-state index is 12.1. The van der Waals surface area contributed by atoms with Crippen molar-refractivity contribution in [2.24, 2.45) is 5.92 Å². The van der Waals surface area contributed by atoms with Gasteiger partial charge in [0, 0.05) is 0 Å². The number of hydrogen-bond acceptors (Lipinski definition) is 3. The van der Waals surface area contributed by atoms with Crippen molar-refractivity contribution >= 4 is 23.1 Å². The third-order valence-electron chi connectivity index (χ3n) is 3.46. The predicted octanol–water partition coefficient (Wildman–Crippen LogP) is 3.66. The van der Waals surface area contributed by atoms with Crippen LogP contribution in [0.15, 0.2) is 30.3 Å². The molecular weight excluding hydrogens is 276 g/mol. The fraction of sp³-hybridized carbons (Fsp3) is 0.438. The van der Waals surface area contributed by atoms with Crippen LogP contribution in [-0.4, -0.2) is 25.1 Å². The fourth-order valence-corrected chi connectivity index (χ4v) is 2.71. The van der Waals surface area contributed by atoms with E-state index in [-0.39, 0.29) is 17.3 Å². The number of esters is 1. The van der Waals surface area contributed by atoms with Crippen molar-refractivity contribution in [1.82, 2.24) is 0 Å². The summed E-state index contributed by atoms with van der Waals surface area (Å²) in [6.45, 7) is 2.22. The van der Waals surface area contributed by atoms with E-state index in [4.69, 9.17) is 21.1 Å². The molecule has 0 saturated heterocycles. The molecule has 2 atom stereocenters. The van der Waals surface area contributed by atoms with Crippen LogP contribution in [0.2, 0.25) is 0 Å². The minimum Gasteiger partial charge on any atom is -0.497 e. The van der Waals surface area contributed by atoms with Crippen molar-refractivity contribution in [2.45, 2.75) is 25.1 Å². The summed E-state index contributed by atoms with van der Waals surface area (Å²) in [5.74, 6) is 0.400. The van der Waals surface area contributed by atoms with Gasteiger partial charge < -0.3 is 9.47 Å². The van der Waals surface area contributed by atoms with Crippen molar-refractivity contribution < 1.29 is 14.3 Å². The van der Waals surface area contributed by atoms with Crippen LogP contribution in [0.4, 0.5) is 0 Å². The molecule has 0 amide bonds. The van der Waals surface area contributed by atoms with Crippen LogP contribution in [0, 0.1) is 5.92 Å². The van der Waals surface area contributed by atoms with Gasteiger partial charge in [0.25, 0.3) is 0 Å². The minimum absolute atomic E-state index is 0.0298. The first-order chi connectivity index (χ1) is 9.65. The number of methoxy groups -OCH3 is 1. The van der Waals surface area contributed by atoms with Gasteiger partial charge in [-0.1, -0.05) is 18.2 Å². The first-order valence-electron chi connectivity index (χ1n) is 6.82. The molecule has 1 aliphatic rings. The molecule has 1 aromatic rings. The van der Waals surface area contributed by atoms with Gasteiger partial charge in [-0.3, -0.25) is 4.79 Å². The number of hydrogen-bond donors (Lipinski definition) is 0. The van der Waals surface area contributed by atoms with Gasteiger partial charge in [0.2, 0.25) is 0 Å². The molecule has 0 N–H and O–H groups in total. The zero-order chi connectivity index (χ0) is 14.5. The SMILES string of the molecule is CCOC(=O)C1CCC(Cl)C=C1c1ccc(OC)cc1. The molecule has 1 aromatic carbocycles.